The van der Waals surface area contributed by atoms with Crippen molar-refractivity contribution in [3.63, 3.8) is 0 Å². The number of para-hydroxylation sites is 1. The lowest BCUT2D eigenvalue weighted by atomic mass is 10.2. The van der Waals surface area contributed by atoms with Crippen LogP contribution in [0.3, 0.4) is 0 Å². The van der Waals surface area contributed by atoms with E-state index in [0.717, 1.165) is 0 Å². The zero-order chi connectivity index (χ0) is 19.1. The van der Waals surface area contributed by atoms with Crippen molar-refractivity contribution >= 4 is 29.2 Å². The summed E-state index contributed by atoms with van der Waals surface area (Å²) in [6.07, 6.45) is -1.87. The molecule has 1 N–H and O–H groups in total. The van der Waals surface area contributed by atoms with Crippen LogP contribution in [0.2, 0.25) is 5.02 Å². The van der Waals surface area contributed by atoms with E-state index >= 15 is 0 Å². The molecule has 0 unspecified atom stereocenters. The summed E-state index contributed by atoms with van der Waals surface area (Å²) in [5.74, 6) is -0.167. The number of hydrogen-bond acceptors (Lipinski definition) is 5. The van der Waals surface area contributed by atoms with Crippen LogP contribution in [0.4, 0.5) is 5.69 Å². The molecule has 0 aliphatic heterocycles. The molecule has 0 aliphatic rings. The normalized spacial score (nSPS) is 12.6. The maximum absolute atomic E-state index is 12.3. The van der Waals surface area contributed by atoms with E-state index in [1.54, 1.807) is 49.4 Å². The standard InChI is InChI=1S/C19H20ClNO5/c1-12(18(22)21-16-11-14(20)9-10-17(16)24-3)26-19(23)13(2)25-15-7-5-4-6-8-15/h4-13H,1-3H3,(H,21,22)/t12-,13-/m0/s1. The van der Waals surface area contributed by atoms with Gasteiger partial charge in [-0.1, -0.05) is 29.8 Å². The Hall–Kier alpha value is -2.73. The Labute approximate surface area is 157 Å². The van der Waals surface area contributed by atoms with Crippen molar-refractivity contribution in [2.24, 2.45) is 0 Å². The quantitative estimate of drug-likeness (QED) is 0.745. The van der Waals surface area contributed by atoms with Crippen molar-refractivity contribution in [2.45, 2.75) is 26.1 Å². The monoisotopic (exact) mass is 377 g/mol. The van der Waals surface area contributed by atoms with E-state index in [1.165, 1.54) is 14.0 Å². The predicted molar refractivity (Wildman–Crippen MR) is 98.7 cm³/mol. The van der Waals surface area contributed by atoms with Crippen LogP contribution in [-0.4, -0.2) is 31.2 Å². The van der Waals surface area contributed by atoms with Gasteiger partial charge >= 0.3 is 5.97 Å². The Balaban J connectivity index is 1.94. The summed E-state index contributed by atoms with van der Waals surface area (Å²) < 4.78 is 15.8. The smallest absolute Gasteiger partial charge is 0.347 e. The SMILES string of the molecule is COc1ccc(Cl)cc1NC(=O)[C@H](C)OC(=O)[C@H](C)Oc1ccccc1. The van der Waals surface area contributed by atoms with E-state index in [4.69, 9.17) is 25.8 Å². The highest BCUT2D eigenvalue weighted by atomic mass is 35.5. The fraction of sp³-hybridized carbons (Fsp3) is 0.263. The number of nitrogens with one attached hydrogen (secondary N) is 1. The summed E-state index contributed by atoms with van der Waals surface area (Å²) in [6.45, 7) is 3.03. The summed E-state index contributed by atoms with van der Waals surface area (Å²) in [7, 11) is 1.48. The number of ether oxygens (including phenoxy) is 3. The lowest BCUT2D eigenvalue weighted by molar-refractivity contribution is -0.159. The molecule has 0 radical (unpaired) electrons. The number of halogens is 1. The Morgan fingerprint density at radius 2 is 1.73 bits per heavy atom. The van der Waals surface area contributed by atoms with Gasteiger partial charge in [0, 0.05) is 5.02 Å². The molecule has 0 fully saturated rings. The van der Waals surface area contributed by atoms with Gasteiger partial charge in [-0.15, -0.1) is 0 Å². The largest absolute Gasteiger partial charge is 0.495 e. The minimum absolute atomic E-state index is 0.390. The minimum Gasteiger partial charge on any atom is -0.495 e. The predicted octanol–water partition coefficient (Wildman–Crippen LogP) is 3.69. The number of benzene rings is 2. The van der Waals surface area contributed by atoms with Gasteiger partial charge in [-0.05, 0) is 44.2 Å². The average molecular weight is 378 g/mol. The highest BCUT2D eigenvalue weighted by molar-refractivity contribution is 6.31. The second-order valence-electron chi connectivity index (χ2n) is 5.49. The van der Waals surface area contributed by atoms with Crippen molar-refractivity contribution in [3.8, 4) is 11.5 Å². The van der Waals surface area contributed by atoms with Gasteiger partial charge in [0.25, 0.3) is 5.91 Å². The van der Waals surface area contributed by atoms with Crippen molar-refractivity contribution < 1.29 is 23.8 Å². The van der Waals surface area contributed by atoms with Gasteiger partial charge in [-0.2, -0.15) is 0 Å². The highest BCUT2D eigenvalue weighted by Gasteiger charge is 2.24. The number of esters is 1. The third-order valence-corrected chi connectivity index (χ3v) is 3.70. The van der Waals surface area contributed by atoms with Gasteiger partial charge < -0.3 is 19.5 Å². The molecule has 26 heavy (non-hydrogen) atoms. The van der Waals surface area contributed by atoms with Gasteiger partial charge in [0.15, 0.2) is 12.2 Å². The van der Waals surface area contributed by atoms with Crippen molar-refractivity contribution in [1.29, 1.82) is 0 Å². The first-order chi connectivity index (χ1) is 12.4. The van der Waals surface area contributed by atoms with Crippen LogP contribution in [0.15, 0.2) is 48.5 Å². The molecule has 0 aliphatic carbocycles. The van der Waals surface area contributed by atoms with E-state index in [2.05, 4.69) is 5.32 Å². The number of amides is 1. The molecule has 7 heteroatoms. The molecular weight excluding hydrogens is 358 g/mol. The average Bonchev–Trinajstić information content (AvgIpc) is 2.62. The second-order valence-corrected chi connectivity index (χ2v) is 5.92. The van der Waals surface area contributed by atoms with Gasteiger partial charge in [0.1, 0.15) is 11.5 Å². The van der Waals surface area contributed by atoms with Crippen molar-refractivity contribution in [2.75, 3.05) is 12.4 Å². The first-order valence-corrected chi connectivity index (χ1v) is 8.35. The maximum Gasteiger partial charge on any atom is 0.347 e. The minimum atomic E-state index is -1.02. The van der Waals surface area contributed by atoms with Crippen LogP contribution in [-0.2, 0) is 14.3 Å². The molecule has 0 saturated heterocycles. The van der Waals surface area contributed by atoms with Gasteiger partial charge in [-0.25, -0.2) is 4.79 Å². The van der Waals surface area contributed by atoms with Crippen molar-refractivity contribution in [1.82, 2.24) is 0 Å². The fourth-order valence-corrected chi connectivity index (χ4v) is 2.26. The first-order valence-electron chi connectivity index (χ1n) is 7.97. The third kappa shape index (κ3) is 5.39. The maximum atomic E-state index is 12.3. The molecule has 0 saturated carbocycles. The van der Waals surface area contributed by atoms with Crippen LogP contribution in [0.25, 0.3) is 0 Å². The number of rotatable bonds is 7. The lowest BCUT2D eigenvalue weighted by Gasteiger charge is -2.18. The Bertz CT molecular complexity index is 766. The molecular formula is C19H20ClNO5. The van der Waals surface area contributed by atoms with Gasteiger partial charge in [0.05, 0.1) is 12.8 Å². The molecule has 2 atom stereocenters. The summed E-state index contributed by atoms with van der Waals surface area (Å²) in [4.78, 5) is 24.4. The Morgan fingerprint density at radius 3 is 2.38 bits per heavy atom. The van der Waals surface area contributed by atoms with E-state index in [-0.39, 0.29) is 0 Å². The van der Waals surface area contributed by atoms with Crippen LogP contribution in [0.1, 0.15) is 13.8 Å². The van der Waals surface area contributed by atoms with E-state index in [9.17, 15) is 9.59 Å². The molecule has 2 aromatic rings. The van der Waals surface area contributed by atoms with Crippen LogP contribution >= 0.6 is 11.6 Å². The van der Waals surface area contributed by atoms with Crippen LogP contribution < -0.4 is 14.8 Å². The number of anilines is 1. The molecule has 1 amide bonds. The van der Waals surface area contributed by atoms with Gasteiger partial charge in [-0.3, -0.25) is 4.79 Å². The zero-order valence-corrected chi connectivity index (χ0v) is 15.4. The van der Waals surface area contributed by atoms with E-state index in [0.29, 0.717) is 22.2 Å². The summed E-state index contributed by atoms with van der Waals surface area (Å²) >= 11 is 5.93. The van der Waals surface area contributed by atoms with Crippen LogP contribution in [0, 0.1) is 0 Å². The van der Waals surface area contributed by atoms with E-state index < -0.39 is 24.1 Å². The first kappa shape index (κ1) is 19.6. The molecule has 0 aromatic heterocycles. The molecule has 0 spiro atoms. The molecule has 138 valence electrons. The second kappa shape index (κ2) is 9.10. The molecule has 2 aromatic carbocycles. The number of carbonyl (C=O) groups excluding carboxylic acids is 2. The molecule has 0 bridgehead atoms. The molecule has 0 heterocycles. The molecule has 2 rings (SSSR count). The van der Waals surface area contributed by atoms with Crippen LogP contribution in [0.5, 0.6) is 11.5 Å². The Morgan fingerprint density at radius 1 is 1.04 bits per heavy atom. The van der Waals surface area contributed by atoms with Gasteiger partial charge in [0.2, 0.25) is 0 Å². The Kier molecular flexibility index (Phi) is 6.86. The van der Waals surface area contributed by atoms with E-state index in [1.807, 2.05) is 6.07 Å². The fourth-order valence-electron chi connectivity index (χ4n) is 2.09. The topological polar surface area (TPSA) is 73.9 Å². The zero-order valence-electron chi connectivity index (χ0n) is 14.7. The number of carbonyl (C=O) groups is 2. The highest BCUT2D eigenvalue weighted by Crippen LogP contribution is 2.27. The third-order valence-electron chi connectivity index (χ3n) is 3.47. The summed E-state index contributed by atoms with van der Waals surface area (Å²) in [5, 5.41) is 3.07. The summed E-state index contributed by atoms with van der Waals surface area (Å²) in [6, 6.07) is 13.7. The molecule has 6 nitrogen and oxygen atoms in total. The lowest BCUT2D eigenvalue weighted by Crippen LogP contribution is -2.35. The number of methoxy groups -OCH3 is 1. The van der Waals surface area contributed by atoms with Crippen molar-refractivity contribution in [3.05, 3.63) is 53.6 Å². The number of hydrogen-bond donors (Lipinski definition) is 1. The summed E-state index contributed by atoms with van der Waals surface area (Å²) in [5.41, 5.74) is 0.390.